The van der Waals surface area contributed by atoms with Crippen LogP contribution in [0.2, 0.25) is 0 Å². The number of rotatable bonds is 6. The van der Waals surface area contributed by atoms with Gasteiger partial charge in [0.25, 0.3) is 0 Å². The third kappa shape index (κ3) is 3.48. The van der Waals surface area contributed by atoms with E-state index in [1.54, 1.807) is 0 Å². The molecular formula is C16H34N2. The Labute approximate surface area is 115 Å². The standard InChI is InChI=1S/C16H34N2/c1-7-16(8-2,9-3)18-12-15(10-13(4)5)17-11-14(18)6/h13-15,17H,7-12H2,1-6H3. The maximum atomic E-state index is 3.73. The predicted octanol–water partition coefficient (Wildman–Crippen LogP) is 3.66. The maximum absolute atomic E-state index is 3.73. The highest BCUT2D eigenvalue weighted by atomic mass is 15.3. The van der Waals surface area contributed by atoms with Crippen LogP contribution >= 0.6 is 0 Å². The highest BCUT2D eigenvalue weighted by molar-refractivity contribution is 4.95. The van der Waals surface area contributed by atoms with Gasteiger partial charge < -0.3 is 5.32 Å². The molecule has 2 unspecified atom stereocenters. The van der Waals surface area contributed by atoms with Gasteiger partial charge in [-0.1, -0.05) is 34.6 Å². The Kier molecular flexibility index (Phi) is 6.13. The monoisotopic (exact) mass is 254 g/mol. The van der Waals surface area contributed by atoms with E-state index >= 15 is 0 Å². The van der Waals surface area contributed by atoms with Crippen LogP contribution in [-0.4, -0.2) is 35.6 Å². The summed E-state index contributed by atoms with van der Waals surface area (Å²) >= 11 is 0. The SMILES string of the molecule is CCC(CC)(CC)N1CC(CC(C)C)NCC1C. The zero-order valence-electron chi connectivity index (χ0n) is 13.4. The summed E-state index contributed by atoms with van der Waals surface area (Å²) in [6.07, 6.45) is 5.13. The Morgan fingerprint density at radius 2 is 1.72 bits per heavy atom. The number of piperazine rings is 1. The maximum Gasteiger partial charge on any atom is 0.0205 e. The molecule has 0 spiro atoms. The Bertz CT molecular complexity index is 225. The number of nitrogens with one attached hydrogen (secondary N) is 1. The van der Waals surface area contributed by atoms with E-state index in [1.807, 2.05) is 0 Å². The average molecular weight is 254 g/mol. The van der Waals surface area contributed by atoms with Crippen molar-refractivity contribution in [2.24, 2.45) is 5.92 Å². The molecule has 1 aliphatic heterocycles. The topological polar surface area (TPSA) is 15.3 Å². The first-order valence-corrected chi connectivity index (χ1v) is 7.99. The molecule has 0 bridgehead atoms. The molecule has 1 rings (SSSR count). The first-order chi connectivity index (χ1) is 8.49. The fraction of sp³-hybridized carbons (Fsp3) is 1.00. The van der Waals surface area contributed by atoms with Crippen molar-refractivity contribution in [3.05, 3.63) is 0 Å². The molecule has 1 saturated heterocycles. The van der Waals surface area contributed by atoms with Gasteiger partial charge >= 0.3 is 0 Å². The molecule has 0 amide bonds. The second-order valence-corrected chi connectivity index (χ2v) is 6.52. The van der Waals surface area contributed by atoms with Crippen LogP contribution in [0.15, 0.2) is 0 Å². The molecule has 0 radical (unpaired) electrons. The molecule has 0 saturated carbocycles. The highest BCUT2D eigenvalue weighted by Crippen LogP contribution is 2.31. The zero-order chi connectivity index (χ0) is 13.8. The second kappa shape index (κ2) is 6.91. The van der Waals surface area contributed by atoms with Crippen molar-refractivity contribution in [2.45, 2.75) is 84.8 Å². The van der Waals surface area contributed by atoms with Crippen molar-refractivity contribution in [1.82, 2.24) is 10.2 Å². The minimum absolute atomic E-state index is 0.427. The van der Waals surface area contributed by atoms with Crippen LogP contribution in [0, 0.1) is 5.92 Å². The van der Waals surface area contributed by atoms with Crippen LogP contribution < -0.4 is 5.32 Å². The van der Waals surface area contributed by atoms with E-state index in [1.165, 1.54) is 32.2 Å². The summed E-state index contributed by atoms with van der Waals surface area (Å²) < 4.78 is 0. The van der Waals surface area contributed by atoms with Gasteiger partial charge in [0.1, 0.15) is 0 Å². The lowest BCUT2D eigenvalue weighted by Gasteiger charge is -2.51. The van der Waals surface area contributed by atoms with Crippen LogP contribution in [-0.2, 0) is 0 Å². The van der Waals surface area contributed by atoms with Gasteiger partial charge in [-0.2, -0.15) is 0 Å². The summed E-state index contributed by atoms with van der Waals surface area (Å²) in [6, 6.07) is 1.36. The van der Waals surface area contributed by atoms with Crippen LogP contribution in [0.1, 0.15) is 67.2 Å². The normalized spacial score (nSPS) is 26.8. The summed E-state index contributed by atoms with van der Waals surface area (Å²) in [5.41, 5.74) is 0.427. The van der Waals surface area contributed by atoms with Gasteiger partial charge in [-0.15, -0.1) is 0 Å². The van der Waals surface area contributed by atoms with Crippen LogP contribution in [0.4, 0.5) is 0 Å². The molecule has 0 aliphatic carbocycles. The van der Waals surface area contributed by atoms with E-state index in [0.29, 0.717) is 17.6 Å². The molecular weight excluding hydrogens is 220 g/mol. The van der Waals surface area contributed by atoms with Crippen LogP contribution in [0.25, 0.3) is 0 Å². The lowest BCUT2D eigenvalue weighted by atomic mass is 9.84. The van der Waals surface area contributed by atoms with Gasteiger partial charge in [0.05, 0.1) is 0 Å². The van der Waals surface area contributed by atoms with E-state index < -0.39 is 0 Å². The van der Waals surface area contributed by atoms with Gasteiger partial charge in [0, 0.05) is 30.7 Å². The second-order valence-electron chi connectivity index (χ2n) is 6.52. The highest BCUT2D eigenvalue weighted by Gasteiger charge is 2.38. The first-order valence-electron chi connectivity index (χ1n) is 7.99. The Morgan fingerprint density at radius 3 is 2.17 bits per heavy atom. The average Bonchev–Trinajstić information content (AvgIpc) is 2.35. The van der Waals surface area contributed by atoms with E-state index in [0.717, 1.165) is 12.5 Å². The molecule has 0 aromatic heterocycles. The van der Waals surface area contributed by atoms with Gasteiger partial charge in [0.15, 0.2) is 0 Å². The molecule has 1 aliphatic rings. The van der Waals surface area contributed by atoms with E-state index in [4.69, 9.17) is 0 Å². The molecule has 0 aromatic carbocycles. The molecule has 108 valence electrons. The van der Waals surface area contributed by atoms with E-state index in [-0.39, 0.29) is 0 Å². The molecule has 2 nitrogen and oxygen atoms in total. The fourth-order valence-electron chi connectivity index (χ4n) is 3.68. The molecule has 1 N–H and O–H groups in total. The van der Waals surface area contributed by atoms with Crippen molar-refractivity contribution in [3.8, 4) is 0 Å². The van der Waals surface area contributed by atoms with Gasteiger partial charge in [-0.05, 0) is 38.5 Å². The molecule has 18 heavy (non-hydrogen) atoms. The molecule has 1 fully saturated rings. The van der Waals surface area contributed by atoms with Gasteiger partial charge in [0.2, 0.25) is 0 Å². The van der Waals surface area contributed by atoms with Gasteiger partial charge in [-0.3, -0.25) is 4.90 Å². The summed E-state index contributed by atoms with van der Waals surface area (Å²) in [4.78, 5) is 2.80. The van der Waals surface area contributed by atoms with E-state index in [9.17, 15) is 0 Å². The molecule has 1 heterocycles. The van der Waals surface area contributed by atoms with Crippen molar-refractivity contribution < 1.29 is 0 Å². The minimum Gasteiger partial charge on any atom is -0.311 e. The lowest BCUT2D eigenvalue weighted by Crippen LogP contribution is -2.63. The quantitative estimate of drug-likeness (QED) is 0.778. The summed E-state index contributed by atoms with van der Waals surface area (Å²) in [6.45, 7) is 16.5. The van der Waals surface area contributed by atoms with Gasteiger partial charge in [-0.25, -0.2) is 0 Å². The summed E-state index contributed by atoms with van der Waals surface area (Å²) in [5.74, 6) is 0.789. The van der Waals surface area contributed by atoms with Crippen molar-refractivity contribution >= 4 is 0 Å². The smallest absolute Gasteiger partial charge is 0.0205 e. The van der Waals surface area contributed by atoms with Crippen LogP contribution in [0.3, 0.4) is 0 Å². The molecule has 2 heteroatoms. The molecule has 0 aromatic rings. The Balaban J connectivity index is 2.77. The number of hydrogen-bond acceptors (Lipinski definition) is 2. The minimum atomic E-state index is 0.427. The van der Waals surface area contributed by atoms with Crippen molar-refractivity contribution in [1.29, 1.82) is 0 Å². The lowest BCUT2D eigenvalue weighted by molar-refractivity contribution is 0.00393. The van der Waals surface area contributed by atoms with Crippen molar-refractivity contribution in [2.75, 3.05) is 13.1 Å². The number of hydrogen-bond donors (Lipinski definition) is 1. The third-order valence-corrected chi connectivity index (χ3v) is 4.99. The summed E-state index contributed by atoms with van der Waals surface area (Å²) in [5, 5.41) is 3.73. The van der Waals surface area contributed by atoms with Crippen LogP contribution in [0.5, 0.6) is 0 Å². The first kappa shape index (κ1) is 16.0. The summed E-state index contributed by atoms with van der Waals surface area (Å²) in [7, 11) is 0. The Morgan fingerprint density at radius 1 is 1.17 bits per heavy atom. The van der Waals surface area contributed by atoms with E-state index in [2.05, 4.69) is 51.8 Å². The fourth-order valence-corrected chi connectivity index (χ4v) is 3.68. The van der Waals surface area contributed by atoms with Crippen molar-refractivity contribution in [3.63, 3.8) is 0 Å². The zero-order valence-corrected chi connectivity index (χ0v) is 13.4. The number of nitrogens with zero attached hydrogens (tertiary/aromatic N) is 1. The predicted molar refractivity (Wildman–Crippen MR) is 81.0 cm³/mol. The molecule has 2 atom stereocenters. The Hall–Kier alpha value is -0.0800. The largest absolute Gasteiger partial charge is 0.311 e. The third-order valence-electron chi connectivity index (χ3n) is 4.99.